The molecule has 2 heterocycles. The fourth-order valence-electron chi connectivity index (χ4n) is 2.28. The first-order valence-electron chi connectivity index (χ1n) is 6.02. The van der Waals surface area contributed by atoms with Crippen LogP contribution in [0.15, 0.2) is 40.9 Å². The SMILES string of the molecule is Cc1cc(N2C(=O)C[C@@H](c3ccccc3)C2=O)no1. The fraction of sp³-hybridized carbons (Fsp3) is 0.214. The van der Waals surface area contributed by atoms with Crippen molar-refractivity contribution in [2.45, 2.75) is 19.3 Å². The lowest BCUT2D eigenvalue weighted by Gasteiger charge is -2.11. The number of anilines is 1. The molecular weight excluding hydrogens is 244 g/mol. The Balaban J connectivity index is 1.94. The zero-order chi connectivity index (χ0) is 13.4. The van der Waals surface area contributed by atoms with E-state index in [2.05, 4.69) is 5.16 Å². The Bertz CT molecular complexity index is 633. The second kappa shape index (κ2) is 4.35. The van der Waals surface area contributed by atoms with Crippen LogP contribution in [-0.4, -0.2) is 17.0 Å². The van der Waals surface area contributed by atoms with Gasteiger partial charge in [0.2, 0.25) is 11.8 Å². The lowest BCUT2D eigenvalue weighted by atomic mass is 9.98. The highest BCUT2D eigenvalue weighted by Gasteiger charge is 2.41. The molecule has 1 fully saturated rings. The van der Waals surface area contributed by atoms with Crippen LogP contribution in [0.1, 0.15) is 23.7 Å². The van der Waals surface area contributed by atoms with Gasteiger partial charge in [-0.3, -0.25) is 9.59 Å². The molecule has 0 N–H and O–H groups in total. The maximum atomic E-state index is 12.3. The van der Waals surface area contributed by atoms with E-state index >= 15 is 0 Å². The molecule has 0 radical (unpaired) electrons. The van der Waals surface area contributed by atoms with Crippen molar-refractivity contribution in [3.8, 4) is 0 Å². The van der Waals surface area contributed by atoms with Crippen molar-refractivity contribution < 1.29 is 14.1 Å². The van der Waals surface area contributed by atoms with Crippen molar-refractivity contribution in [1.82, 2.24) is 5.16 Å². The van der Waals surface area contributed by atoms with Crippen LogP contribution in [0.2, 0.25) is 0 Å². The molecule has 1 aromatic heterocycles. The zero-order valence-electron chi connectivity index (χ0n) is 10.4. The minimum Gasteiger partial charge on any atom is -0.360 e. The van der Waals surface area contributed by atoms with Crippen molar-refractivity contribution in [3.63, 3.8) is 0 Å². The van der Waals surface area contributed by atoms with Crippen molar-refractivity contribution in [3.05, 3.63) is 47.7 Å². The van der Waals surface area contributed by atoms with Crippen molar-refractivity contribution in [2.75, 3.05) is 4.90 Å². The summed E-state index contributed by atoms with van der Waals surface area (Å²) in [4.78, 5) is 25.5. The molecular formula is C14H12N2O3. The third kappa shape index (κ3) is 1.93. The summed E-state index contributed by atoms with van der Waals surface area (Å²) < 4.78 is 4.92. The van der Waals surface area contributed by atoms with Gasteiger partial charge in [-0.15, -0.1) is 0 Å². The first-order valence-corrected chi connectivity index (χ1v) is 6.02. The predicted octanol–water partition coefficient (Wildman–Crippen LogP) is 2.03. The lowest BCUT2D eigenvalue weighted by molar-refractivity contribution is -0.121. The van der Waals surface area contributed by atoms with E-state index in [1.165, 1.54) is 0 Å². The lowest BCUT2D eigenvalue weighted by Crippen LogP contribution is -2.30. The van der Waals surface area contributed by atoms with Crippen LogP contribution < -0.4 is 4.90 Å². The number of benzene rings is 1. The van der Waals surface area contributed by atoms with Crippen LogP contribution in [0.25, 0.3) is 0 Å². The summed E-state index contributed by atoms with van der Waals surface area (Å²) in [6.07, 6.45) is 0.175. The predicted molar refractivity (Wildman–Crippen MR) is 67.5 cm³/mol. The first kappa shape index (κ1) is 11.6. The molecule has 1 atom stereocenters. The van der Waals surface area contributed by atoms with E-state index in [0.717, 1.165) is 10.5 Å². The van der Waals surface area contributed by atoms with E-state index in [1.807, 2.05) is 30.3 Å². The highest BCUT2D eigenvalue weighted by atomic mass is 16.5. The molecule has 1 aliphatic rings. The quantitative estimate of drug-likeness (QED) is 0.771. The van der Waals surface area contributed by atoms with Crippen LogP contribution in [-0.2, 0) is 9.59 Å². The Labute approximate surface area is 109 Å². The van der Waals surface area contributed by atoms with Crippen LogP contribution in [0.3, 0.4) is 0 Å². The molecule has 0 saturated carbocycles. The average molecular weight is 256 g/mol. The van der Waals surface area contributed by atoms with Gasteiger partial charge in [-0.2, -0.15) is 0 Å². The fourth-order valence-corrected chi connectivity index (χ4v) is 2.28. The van der Waals surface area contributed by atoms with Gasteiger partial charge in [0, 0.05) is 12.5 Å². The summed E-state index contributed by atoms with van der Waals surface area (Å²) in [6.45, 7) is 1.72. The number of carbonyl (C=O) groups is 2. The van der Waals surface area contributed by atoms with Crippen LogP contribution in [0.5, 0.6) is 0 Å². The molecule has 0 spiro atoms. The van der Waals surface area contributed by atoms with Crippen molar-refractivity contribution in [2.24, 2.45) is 0 Å². The summed E-state index contributed by atoms with van der Waals surface area (Å²) in [6, 6.07) is 10.9. The van der Waals surface area contributed by atoms with Gasteiger partial charge in [0.15, 0.2) is 5.82 Å². The van der Waals surface area contributed by atoms with Crippen molar-refractivity contribution >= 4 is 17.6 Å². The summed E-state index contributed by atoms with van der Waals surface area (Å²) >= 11 is 0. The molecule has 0 bridgehead atoms. The smallest absolute Gasteiger partial charge is 0.243 e. The van der Waals surface area contributed by atoms with Gasteiger partial charge in [-0.25, -0.2) is 4.90 Å². The van der Waals surface area contributed by atoms with E-state index in [4.69, 9.17) is 4.52 Å². The van der Waals surface area contributed by atoms with Crippen LogP contribution in [0.4, 0.5) is 5.82 Å². The highest BCUT2D eigenvalue weighted by Crippen LogP contribution is 2.32. The van der Waals surface area contributed by atoms with Crippen molar-refractivity contribution in [1.29, 1.82) is 0 Å². The molecule has 1 aliphatic heterocycles. The molecule has 0 unspecified atom stereocenters. The molecule has 1 aromatic carbocycles. The van der Waals surface area contributed by atoms with Crippen LogP contribution >= 0.6 is 0 Å². The Morgan fingerprint density at radius 3 is 2.63 bits per heavy atom. The molecule has 19 heavy (non-hydrogen) atoms. The Hall–Kier alpha value is -2.43. The summed E-state index contributed by atoms with van der Waals surface area (Å²) in [5, 5.41) is 3.74. The maximum Gasteiger partial charge on any atom is 0.243 e. The molecule has 2 aromatic rings. The van der Waals surface area contributed by atoms with Gasteiger partial charge >= 0.3 is 0 Å². The normalized spacial score (nSPS) is 19.2. The topological polar surface area (TPSA) is 63.4 Å². The number of carbonyl (C=O) groups excluding carboxylic acids is 2. The number of hydrogen-bond acceptors (Lipinski definition) is 4. The van der Waals surface area contributed by atoms with Gasteiger partial charge < -0.3 is 4.52 Å². The number of imide groups is 1. The third-order valence-electron chi connectivity index (χ3n) is 3.19. The van der Waals surface area contributed by atoms with Gasteiger partial charge in [-0.1, -0.05) is 35.5 Å². The van der Waals surface area contributed by atoms with E-state index in [0.29, 0.717) is 5.76 Å². The molecule has 1 saturated heterocycles. The van der Waals surface area contributed by atoms with Gasteiger partial charge in [0.05, 0.1) is 5.92 Å². The monoisotopic (exact) mass is 256 g/mol. The number of rotatable bonds is 2. The van der Waals surface area contributed by atoms with E-state index in [-0.39, 0.29) is 24.1 Å². The number of amides is 2. The number of hydrogen-bond donors (Lipinski definition) is 0. The largest absolute Gasteiger partial charge is 0.360 e. The van der Waals surface area contributed by atoms with Crippen LogP contribution in [0, 0.1) is 6.92 Å². The zero-order valence-corrected chi connectivity index (χ0v) is 10.4. The molecule has 5 heteroatoms. The molecule has 2 amide bonds. The summed E-state index contributed by atoms with van der Waals surface area (Å²) in [5.41, 5.74) is 0.851. The summed E-state index contributed by atoms with van der Waals surface area (Å²) in [5.74, 6) is -0.0768. The van der Waals surface area contributed by atoms with Gasteiger partial charge in [-0.05, 0) is 12.5 Å². The third-order valence-corrected chi connectivity index (χ3v) is 3.19. The minimum absolute atomic E-state index is 0.175. The minimum atomic E-state index is -0.425. The summed E-state index contributed by atoms with van der Waals surface area (Å²) in [7, 11) is 0. The number of aromatic nitrogens is 1. The Kier molecular flexibility index (Phi) is 2.67. The molecule has 5 nitrogen and oxygen atoms in total. The molecule has 96 valence electrons. The standard InChI is InChI=1S/C14H12N2O3/c1-9-7-12(15-19-9)16-13(17)8-11(14(16)18)10-5-3-2-4-6-10/h2-7,11H,8H2,1H3/t11-/m0/s1. The number of nitrogens with zero attached hydrogens (tertiary/aromatic N) is 2. The van der Waals surface area contributed by atoms with E-state index < -0.39 is 5.92 Å². The van der Waals surface area contributed by atoms with Gasteiger partial charge in [0.25, 0.3) is 0 Å². The van der Waals surface area contributed by atoms with E-state index in [9.17, 15) is 9.59 Å². The average Bonchev–Trinajstić information content (AvgIpc) is 2.95. The highest BCUT2D eigenvalue weighted by molar-refractivity contribution is 6.22. The van der Waals surface area contributed by atoms with Gasteiger partial charge in [0.1, 0.15) is 5.76 Å². The molecule has 0 aliphatic carbocycles. The number of aryl methyl sites for hydroxylation is 1. The maximum absolute atomic E-state index is 12.3. The molecule has 3 rings (SSSR count). The Morgan fingerprint density at radius 2 is 2.00 bits per heavy atom. The first-order chi connectivity index (χ1) is 9.16. The van der Waals surface area contributed by atoms with E-state index in [1.54, 1.807) is 13.0 Å². The second-order valence-corrected chi connectivity index (χ2v) is 4.53. The second-order valence-electron chi connectivity index (χ2n) is 4.53. The Morgan fingerprint density at radius 1 is 1.26 bits per heavy atom.